The molecule has 0 aromatic heterocycles. The average molecular weight is 279 g/mol. The number of piperidine rings is 1. The number of carbonyl (C=O) groups is 1. The first-order valence-electron chi connectivity index (χ1n) is 8.45. The molecule has 0 bridgehead atoms. The van der Waals surface area contributed by atoms with Crippen LogP contribution in [0.4, 0.5) is 0 Å². The number of hydrogen-bond donors (Lipinski definition) is 1. The van der Waals surface area contributed by atoms with E-state index in [4.69, 9.17) is 0 Å². The third kappa shape index (κ3) is 2.48. The van der Waals surface area contributed by atoms with Crippen LogP contribution in [0.15, 0.2) is 0 Å². The van der Waals surface area contributed by atoms with Gasteiger partial charge >= 0.3 is 0 Å². The minimum absolute atomic E-state index is 0.202. The Kier molecular flexibility index (Phi) is 4.04. The van der Waals surface area contributed by atoms with Crippen molar-refractivity contribution in [2.45, 2.75) is 76.5 Å². The maximum absolute atomic E-state index is 12.8. The van der Waals surface area contributed by atoms with Gasteiger partial charge in [0.1, 0.15) is 0 Å². The largest absolute Gasteiger partial charge is 0.324 e. The minimum Gasteiger partial charge on any atom is -0.324 e. The monoisotopic (exact) mass is 279 g/mol. The molecule has 3 aliphatic rings. The van der Waals surface area contributed by atoms with Crippen LogP contribution in [-0.4, -0.2) is 53.1 Å². The zero-order chi connectivity index (χ0) is 14.2. The Balaban J connectivity index is 1.63. The molecular formula is C16H29N3O. The third-order valence-corrected chi connectivity index (χ3v) is 5.55. The number of carbonyl (C=O) groups excluding carboxylic acids is 1. The Morgan fingerprint density at radius 2 is 1.85 bits per heavy atom. The number of amides is 1. The van der Waals surface area contributed by atoms with Crippen LogP contribution in [0.5, 0.6) is 0 Å². The van der Waals surface area contributed by atoms with Crippen LogP contribution in [0.2, 0.25) is 0 Å². The predicted octanol–water partition coefficient (Wildman–Crippen LogP) is 1.95. The topological polar surface area (TPSA) is 35.6 Å². The molecule has 3 rings (SSSR count). The summed E-state index contributed by atoms with van der Waals surface area (Å²) < 4.78 is 0. The van der Waals surface area contributed by atoms with E-state index in [1.807, 2.05) is 0 Å². The molecule has 4 nitrogen and oxygen atoms in total. The Morgan fingerprint density at radius 3 is 2.50 bits per heavy atom. The zero-order valence-electron chi connectivity index (χ0n) is 13.0. The molecule has 3 fully saturated rings. The Labute approximate surface area is 122 Å². The van der Waals surface area contributed by atoms with Crippen LogP contribution in [0.3, 0.4) is 0 Å². The van der Waals surface area contributed by atoms with Crippen LogP contribution in [0, 0.1) is 0 Å². The summed E-state index contributed by atoms with van der Waals surface area (Å²) in [4.78, 5) is 17.5. The van der Waals surface area contributed by atoms with E-state index >= 15 is 0 Å². The smallest absolute Gasteiger partial charge is 0.244 e. The number of nitrogens with zero attached hydrogens (tertiary/aromatic N) is 2. The van der Waals surface area contributed by atoms with Gasteiger partial charge in [0.25, 0.3) is 0 Å². The molecule has 1 aliphatic carbocycles. The van der Waals surface area contributed by atoms with Crippen molar-refractivity contribution in [1.29, 1.82) is 0 Å². The van der Waals surface area contributed by atoms with E-state index in [1.54, 1.807) is 0 Å². The summed E-state index contributed by atoms with van der Waals surface area (Å²) in [5.74, 6) is 0.367. The second-order valence-corrected chi connectivity index (χ2v) is 7.01. The van der Waals surface area contributed by atoms with E-state index < -0.39 is 0 Å². The van der Waals surface area contributed by atoms with Crippen LogP contribution in [0.25, 0.3) is 0 Å². The van der Waals surface area contributed by atoms with E-state index in [0.717, 1.165) is 19.4 Å². The normalized spacial score (nSPS) is 32.2. The molecule has 0 radical (unpaired) electrons. The SMILES string of the molecule is CC(CN1C(=O)C2(CCCC2)NC1C)N1CCCCC1. The zero-order valence-corrected chi connectivity index (χ0v) is 13.0. The number of nitrogens with one attached hydrogen (secondary N) is 1. The highest BCUT2D eigenvalue weighted by molar-refractivity contribution is 5.89. The van der Waals surface area contributed by atoms with Gasteiger partial charge in [-0.3, -0.25) is 15.0 Å². The van der Waals surface area contributed by atoms with Gasteiger partial charge in [-0.05, 0) is 52.6 Å². The van der Waals surface area contributed by atoms with Crippen LogP contribution in [0.1, 0.15) is 58.8 Å². The molecule has 2 unspecified atom stereocenters. The van der Waals surface area contributed by atoms with Crippen molar-refractivity contribution in [1.82, 2.24) is 15.1 Å². The van der Waals surface area contributed by atoms with Crippen molar-refractivity contribution in [3.05, 3.63) is 0 Å². The molecule has 2 heterocycles. The highest BCUT2D eigenvalue weighted by Gasteiger charge is 2.51. The van der Waals surface area contributed by atoms with Gasteiger partial charge in [-0.2, -0.15) is 0 Å². The van der Waals surface area contributed by atoms with Gasteiger partial charge in [-0.15, -0.1) is 0 Å². The minimum atomic E-state index is -0.207. The highest BCUT2D eigenvalue weighted by Crippen LogP contribution is 2.36. The lowest BCUT2D eigenvalue weighted by Crippen LogP contribution is -2.48. The van der Waals surface area contributed by atoms with E-state index in [9.17, 15) is 4.79 Å². The summed E-state index contributed by atoms with van der Waals surface area (Å²) in [6.07, 6.45) is 8.66. The number of hydrogen-bond acceptors (Lipinski definition) is 3. The molecule has 0 aromatic rings. The van der Waals surface area contributed by atoms with E-state index in [2.05, 4.69) is 29.0 Å². The van der Waals surface area contributed by atoms with Gasteiger partial charge in [0, 0.05) is 12.6 Å². The molecule has 2 saturated heterocycles. The standard InChI is InChI=1S/C16H29N3O/c1-13(18-10-6-3-7-11-18)12-19-14(2)17-16(15(19)20)8-4-5-9-16/h13-14,17H,3-12H2,1-2H3. The second-order valence-electron chi connectivity index (χ2n) is 7.01. The second kappa shape index (κ2) is 5.64. The van der Waals surface area contributed by atoms with Gasteiger partial charge in [-0.25, -0.2) is 0 Å². The van der Waals surface area contributed by atoms with Crippen molar-refractivity contribution >= 4 is 5.91 Å². The number of likely N-dealkylation sites (tertiary alicyclic amines) is 1. The van der Waals surface area contributed by atoms with Crippen molar-refractivity contribution in [3.63, 3.8) is 0 Å². The van der Waals surface area contributed by atoms with Gasteiger partial charge in [-0.1, -0.05) is 19.3 Å². The molecular weight excluding hydrogens is 250 g/mol. The summed E-state index contributed by atoms with van der Waals surface area (Å²) in [5.41, 5.74) is -0.207. The van der Waals surface area contributed by atoms with E-state index in [1.165, 1.54) is 45.2 Å². The Morgan fingerprint density at radius 1 is 1.20 bits per heavy atom. The number of rotatable bonds is 3. The highest BCUT2D eigenvalue weighted by atomic mass is 16.2. The van der Waals surface area contributed by atoms with Crippen molar-refractivity contribution in [3.8, 4) is 0 Å². The van der Waals surface area contributed by atoms with E-state index in [-0.39, 0.29) is 11.7 Å². The van der Waals surface area contributed by atoms with E-state index in [0.29, 0.717) is 11.9 Å². The first-order valence-corrected chi connectivity index (χ1v) is 8.45. The van der Waals surface area contributed by atoms with Crippen LogP contribution < -0.4 is 5.32 Å². The summed E-state index contributed by atoms with van der Waals surface area (Å²) in [6, 6.07) is 0.486. The maximum atomic E-state index is 12.8. The fourth-order valence-corrected chi connectivity index (χ4v) is 4.33. The first kappa shape index (κ1) is 14.3. The maximum Gasteiger partial charge on any atom is 0.244 e. The lowest BCUT2D eigenvalue weighted by molar-refractivity contribution is -0.133. The molecule has 2 aliphatic heterocycles. The molecule has 4 heteroatoms. The predicted molar refractivity (Wildman–Crippen MR) is 80.4 cm³/mol. The fourth-order valence-electron chi connectivity index (χ4n) is 4.33. The van der Waals surface area contributed by atoms with Gasteiger partial charge < -0.3 is 4.90 Å². The van der Waals surface area contributed by atoms with Crippen LogP contribution >= 0.6 is 0 Å². The lowest BCUT2D eigenvalue weighted by atomic mass is 9.98. The van der Waals surface area contributed by atoms with Crippen molar-refractivity contribution < 1.29 is 4.79 Å². The molecule has 114 valence electrons. The van der Waals surface area contributed by atoms with Gasteiger partial charge in [0.2, 0.25) is 5.91 Å². The summed E-state index contributed by atoms with van der Waals surface area (Å²) in [7, 11) is 0. The summed E-state index contributed by atoms with van der Waals surface area (Å²) >= 11 is 0. The lowest BCUT2D eigenvalue weighted by Gasteiger charge is -2.35. The van der Waals surface area contributed by atoms with Crippen molar-refractivity contribution in [2.75, 3.05) is 19.6 Å². The molecule has 1 saturated carbocycles. The molecule has 1 N–H and O–H groups in total. The van der Waals surface area contributed by atoms with Gasteiger partial charge in [0.15, 0.2) is 0 Å². The molecule has 0 aromatic carbocycles. The quantitative estimate of drug-likeness (QED) is 0.858. The molecule has 20 heavy (non-hydrogen) atoms. The Bertz CT molecular complexity index is 359. The summed E-state index contributed by atoms with van der Waals surface area (Å²) in [5, 5.41) is 3.60. The van der Waals surface area contributed by atoms with Gasteiger partial charge in [0.05, 0.1) is 11.7 Å². The Hall–Kier alpha value is -0.610. The fraction of sp³-hybridized carbons (Fsp3) is 0.938. The molecule has 1 amide bonds. The summed E-state index contributed by atoms with van der Waals surface area (Å²) in [6.45, 7) is 7.72. The molecule has 2 atom stereocenters. The molecule has 1 spiro atoms. The van der Waals surface area contributed by atoms with Crippen LogP contribution in [-0.2, 0) is 4.79 Å². The first-order chi connectivity index (χ1) is 9.62. The van der Waals surface area contributed by atoms with Crippen molar-refractivity contribution in [2.24, 2.45) is 0 Å². The third-order valence-electron chi connectivity index (χ3n) is 5.55. The average Bonchev–Trinajstić information content (AvgIpc) is 3.01.